The summed E-state index contributed by atoms with van der Waals surface area (Å²) in [6, 6.07) is 0. The minimum Gasteiger partial charge on any atom is -0.460 e. The zero-order valence-electron chi connectivity index (χ0n) is 14.5. The first-order valence-electron chi connectivity index (χ1n) is 7.36. The molecular weight excluding hydrogens is 333 g/mol. The Morgan fingerprint density at radius 1 is 1.00 bits per heavy atom. The summed E-state index contributed by atoms with van der Waals surface area (Å²) >= 11 is 0. The number of rotatable bonds is 7. The molecule has 9 heteroatoms. The second kappa shape index (κ2) is 7.65. The molecule has 0 aromatic carbocycles. The minimum atomic E-state index is -5.30. The molecule has 5 nitrogen and oxygen atoms in total. The average molecular weight is 358 g/mol. The standard InChI is InChI=1S/C14H25F3O5Si/c1-8-10(4)21-12(19)13(14(15,16)17,22-23(5,6)7)11(18)20-9(2)3/h9-10H,8H2,1-7H3. The summed E-state index contributed by atoms with van der Waals surface area (Å²) in [7, 11) is -2.96. The van der Waals surface area contributed by atoms with Crippen LogP contribution < -0.4 is 0 Å². The van der Waals surface area contributed by atoms with Gasteiger partial charge in [-0.15, -0.1) is 0 Å². The van der Waals surface area contributed by atoms with Crippen LogP contribution in [0.4, 0.5) is 13.2 Å². The molecule has 0 aliphatic rings. The summed E-state index contributed by atoms with van der Waals surface area (Å²) in [6.07, 6.45) is -6.64. The molecule has 0 aromatic heterocycles. The highest BCUT2D eigenvalue weighted by atomic mass is 28.4. The highest BCUT2D eigenvalue weighted by Crippen LogP contribution is 2.39. The molecule has 0 fully saturated rings. The lowest BCUT2D eigenvalue weighted by Gasteiger charge is -2.36. The van der Waals surface area contributed by atoms with Crippen molar-refractivity contribution in [3.8, 4) is 0 Å². The first-order chi connectivity index (χ1) is 10.2. The number of carbonyl (C=O) groups excluding carboxylic acids is 2. The second-order valence-corrected chi connectivity index (χ2v) is 10.9. The quantitative estimate of drug-likeness (QED) is 0.396. The lowest BCUT2D eigenvalue weighted by Crippen LogP contribution is -2.65. The highest BCUT2D eigenvalue weighted by molar-refractivity contribution is 6.70. The van der Waals surface area contributed by atoms with E-state index >= 15 is 0 Å². The molecule has 0 aliphatic heterocycles. The second-order valence-electron chi connectivity index (χ2n) is 6.47. The van der Waals surface area contributed by atoms with E-state index in [0.717, 1.165) is 0 Å². The van der Waals surface area contributed by atoms with Gasteiger partial charge in [-0.1, -0.05) is 6.92 Å². The Labute approximate surface area is 135 Å². The predicted octanol–water partition coefficient (Wildman–Crippen LogP) is 3.43. The molecule has 136 valence electrons. The molecule has 0 heterocycles. The van der Waals surface area contributed by atoms with Crippen molar-refractivity contribution in [3.05, 3.63) is 0 Å². The number of alkyl halides is 3. The number of ether oxygens (including phenoxy) is 2. The fourth-order valence-electron chi connectivity index (χ4n) is 1.56. The SMILES string of the molecule is CCC(C)OC(=O)C(O[Si](C)(C)C)(C(=O)OC(C)C)C(F)(F)F. The van der Waals surface area contributed by atoms with E-state index in [4.69, 9.17) is 9.16 Å². The molecule has 23 heavy (non-hydrogen) atoms. The van der Waals surface area contributed by atoms with E-state index in [9.17, 15) is 22.8 Å². The van der Waals surface area contributed by atoms with Gasteiger partial charge in [-0.05, 0) is 46.8 Å². The lowest BCUT2D eigenvalue weighted by atomic mass is 10.0. The molecule has 0 spiro atoms. The van der Waals surface area contributed by atoms with Crippen molar-refractivity contribution < 1.29 is 36.7 Å². The van der Waals surface area contributed by atoms with Gasteiger partial charge in [-0.25, -0.2) is 9.59 Å². The Morgan fingerprint density at radius 2 is 1.43 bits per heavy atom. The zero-order valence-corrected chi connectivity index (χ0v) is 15.5. The topological polar surface area (TPSA) is 61.8 Å². The fourth-order valence-corrected chi connectivity index (χ4v) is 2.76. The molecule has 2 unspecified atom stereocenters. The van der Waals surface area contributed by atoms with E-state index in [2.05, 4.69) is 4.74 Å². The number of hydrogen-bond donors (Lipinski definition) is 0. The Morgan fingerprint density at radius 3 is 1.74 bits per heavy atom. The molecule has 0 N–H and O–H groups in total. The van der Waals surface area contributed by atoms with Gasteiger partial charge in [0.2, 0.25) is 0 Å². The summed E-state index contributed by atoms with van der Waals surface area (Å²) in [5.74, 6) is -3.58. The van der Waals surface area contributed by atoms with E-state index in [0.29, 0.717) is 6.42 Å². The predicted molar refractivity (Wildman–Crippen MR) is 80.3 cm³/mol. The third-order valence-corrected chi connectivity index (χ3v) is 3.58. The van der Waals surface area contributed by atoms with Crippen molar-refractivity contribution >= 4 is 20.3 Å². The molecule has 0 aliphatic carbocycles. The third kappa shape index (κ3) is 5.80. The Kier molecular flexibility index (Phi) is 7.29. The Bertz CT molecular complexity index is 431. The van der Waals surface area contributed by atoms with Crippen molar-refractivity contribution in [1.29, 1.82) is 0 Å². The van der Waals surface area contributed by atoms with Crippen LogP contribution in [-0.2, 0) is 23.5 Å². The van der Waals surface area contributed by atoms with Crippen molar-refractivity contribution in [3.63, 3.8) is 0 Å². The van der Waals surface area contributed by atoms with Gasteiger partial charge < -0.3 is 13.9 Å². The molecule has 0 saturated heterocycles. The van der Waals surface area contributed by atoms with Crippen LogP contribution in [0.15, 0.2) is 0 Å². The van der Waals surface area contributed by atoms with Crippen LogP contribution >= 0.6 is 0 Å². The van der Waals surface area contributed by atoms with Crippen molar-refractivity contribution in [2.75, 3.05) is 0 Å². The Balaban J connectivity index is 6.05. The van der Waals surface area contributed by atoms with Crippen LogP contribution in [0.2, 0.25) is 19.6 Å². The molecule has 0 rings (SSSR count). The average Bonchev–Trinajstić information content (AvgIpc) is 2.31. The highest BCUT2D eigenvalue weighted by Gasteiger charge is 2.71. The molecule has 0 saturated carbocycles. The molecule has 0 radical (unpaired) electrons. The summed E-state index contributed by atoms with van der Waals surface area (Å²) in [4.78, 5) is 24.4. The maximum absolute atomic E-state index is 13.7. The normalized spacial score (nSPS) is 16.7. The van der Waals surface area contributed by atoms with Crippen LogP contribution in [0.25, 0.3) is 0 Å². The number of esters is 2. The van der Waals surface area contributed by atoms with Crippen LogP contribution in [-0.4, -0.2) is 44.2 Å². The van der Waals surface area contributed by atoms with E-state index in [1.54, 1.807) is 6.92 Å². The van der Waals surface area contributed by atoms with Gasteiger partial charge in [0.25, 0.3) is 0 Å². The van der Waals surface area contributed by atoms with E-state index in [1.807, 2.05) is 0 Å². The smallest absolute Gasteiger partial charge is 0.438 e. The fraction of sp³-hybridized carbons (Fsp3) is 0.857. The van der Waals surface area contributed by atoms with E-state index in [1.165, 1.54) is 40.4 Å². The summed E-state index contributed by atoms with van der Waals surface area (Å²) < 4.78 is 55.6. The Hall–Kier alpha value is -1.09. The van der Waals surface area contributed by atoms with Crippen LogP contribution in [0.5, 0.6) is 0 Å². The third-order valence-electron chi connectivity index (χ3n) is 2.66. The lowest BCUT2D eigenvalue weighted by molar-refractivity contribution is -0.261. The first kappa shape index (κ1) is 21.9. The van der Waals surface area contributed by atoms with E-state index in [-0.39, 0.29) is 0 Å². The van der Waals surface area contributed by atoms with Crippen molar-refractivity contribution in [1.82, 2.24) is 0 Å². The monoisotopic (exact) mass is 358 g/mol. The van der Waals surface area contributed by atoms with Gasteiger partial charge in [0.05, 0.1) is 12.2 Å². The number of carbonyl (C=O) groups is 2. The number of hydrogen-bond acceptors (Lipinski definition) is 5. The molecule has 0 bridgehead atoms. The van der Waals surface area contributed by atoms with Crippen LogP contribution in [0.1, 0.15) is 34.1 Å². The maximum Gasteiger partial charge on any atom is 0.438 e. The van der Waals surface area contributed by atoms with Gasteiger partial charge in [-0.2, -0.15) is 13.2 Å². The maximum atomic E-state index is 13.7. The molecule has 0 amide bonds. The zero-order chi connectivity index (χ0) is 18.6. The largest absolute Gasteiger partial charge is 0.460 e. The van der Waals surface area contributed by atoms with Crippen molar-refractivity contribution in [2.24, 2.45) is 0 Å². The molecule has 2 atom stereocenters. The molecular formula is C14H25F3O5Si. The molecule has 0 aromatic rings. The summed E-state index contributed by atoms with van der Waals surface area (Å²) in [6.45, 7) is 10.1. The van der Waals surface area contributed by atoms with Crippen molar-refractivity contribution in [2.45, 2.75) is 77.7 Å². The first-order valence-corrected chi connectivity index (χ1v) is 10.8. The van der Waals surface area contributed by atoms with Gasteiger partial charge in [0, 0.05) is 0 Å². The van der Waals surface area contributed by atoms with Gasteiger partial charge >= 0.3 is 23.7 Å². The van der Waals surface area contributed by atoms with Gasteiger partial charge in [0.15, 0.2) is 8.32 Å². The van der Waals surface area contributed by atoms with E-state index < -0.39 is 44.2 Å². The summed E-state index contributed by atoms with van der Waals surface area (Å²) in [5, 5.41) is 0. The summed E-state index contributed by atoms with van der Waals surface area (Å²) in [5.41, 5.74) is -3.76. The van der Waals surface area contributed by atoms with Crippen LogP contribution in [0, 0.1) is 0 Å². The van der Waals surface area contributed by atoms with Gasteiger partial charge in [0.1, 0.15) is 0 Å². The minimum absolute atomic E-state index is 0.297. The van der Waals surface area contributed by atoms with Crippen LogP contribution in [0.3, 0.4) is 0 Å². The van der Waals surface area contributed by atoms with Gasteiger partial charge in [-0.3, -0.25) is 0 Å². The number of halogens is 3.